The molecule has 0 N–H and O–H groups in total. The fraction of sp³-hybridized carbons (Fsp3) is 0.0588. The van der Waals surface area contributed by atoms with E-state index in [1.165, 1.54) is 5.01 Å². The zero-order chi connectivity index (χ0) is 14.8. The molecule has 2 aromatic carbocycles. The molecule has 0 atom stereocenters. The molecule has 1 aliphatic heterocycles. The molecule has 21 heavy (non-hydrogen) atoms. The Kier molecular flexibility index (Phi) is 3.59. The molecule has 3 nitrogen and oxygen atoms in total. The van der Waals surface area contributed by atoms with Crippen LogP contribution in [-0.2, 0) is 4.79 Å². The van der Waals surface area contributed by atoms with Crippen molar-refractivity contribution in [1.29, 1.82) is 0 Å². The third kappa shape index (κ3) is 2.60. The summed E-state index contributed by atoms with van der Waals surface area (Å²) in [5, 5.41) is 6.37. The predicted molar refractivity (Wildman–Crippen MR) is 86.5 cm³/mol. The molecule has 0 fully saturated rings. The molecule has 1 heterocycles. The second-order valence-electron chi connectivity index (χ2n) is 4.72. The molecule has 0 aliphatic carbocycles. The van der Waals surface area contributed by atoms with Crippen molar-refractivity contribution in [3.63, 3.8) is 0 Å². The molecule has 0 unspecified atom stereocenters. The van der Waals surface area contributed by atoms with Gasteiger partial charge in [-0.25, -0.2) is 0 Å². The summed E-state index contributed by atoms with van der Waals surface area (Å²) in [4.78, 5) is 12.5. The van der Waals surface area contributed by atoms with E-state index in [0.717, 1.165) is 11.3 Å². The van der Waals surface area contributed by atoms with E-state index in [1.54, 1.807) is 12.1 Å². The van der Waals surface area contributed by atoms with Gasteiger partial charge in [-0.1, -0.05) is 48.0 Å². The monoisotopic (exact) mass is 296 g/mol. The highest BCUT2D eigenvalue weighted by atomic mass is 35.5. The van der Waals surface area contributed by atoms with Crippen LogP contribution in [0, 0.1) is 0 Å². The first-order valence-electron chi connectivity index (χ1n) is 6.58. The van der Waals surface area contributed by atoms with E-state index in [9.17, 15) is 4.79 Å². The van der Waals surface area contributed by atoms with Crippen molar-refractivity contribution in [2.24, 2.45) is 5.10 Å². The van der Waals surface area contributed by atoms with E-state index >= 15 is 0 Å². The van der Waals surface area contributed by atoms with Crippen LogP contribution in [0.15, 0.2) is 65.3 Å². The molecule has 1 amide bonds. The van der Waals surface area contributed by atoms with Crippen LogP contribution in [0.1, 0.15) is 12.5 Å². The summed E-state index contributed by atoms with van der Waals surface area (Å²) in [7, 11) is 0. The third-order valence-electron chi connectivity index (χ3n) is 3.27. The smallest absolute Gasteiger partial charge is 0.267 e. The van der Waals surface area contributed by atoms with Gasteiger partial charge in [0.25, 0.3) is 5.91 Å². The number of rotatable bonds is 2. The number of anilines is 1. The lowest BCUT2D eigenvalue weighted by molar-refractivity contribution is -0.114. The summed E-state index contributed by atoms with van der Waals surface area (Å²) in [6, 6.07) is 16.8. The lowest BCUT2D eigenvalue weighted by atomic mass is 10.1. The van der Waals surface area contributed by atoms with Gasteiger partial charge in [0.05, 0.1) is 17.0 Å². The number of carbonyl (C=O) groups excluding carboxylic acids is 1. The summed E-state index contributed by atoms with van der Waals surface area (Å²) in [5.41, 5.74) is 2.81. The summed E-state index contributed by atoms with van der Waals surface area (Å²) in [6.07, 6.45) is 1.78. The Morgan fingerprint density at radius 1 is 1.05 bits per heavy atom. The fourth-order valence-electron chi connectivity index (χ4n) is 2.18. The zero-order valence-electron chi connectivity index (χ0n) is 11.5. The van der Waals surface area contributed by atoms with E-state index in [-0.39, 0.29) is 5.91 Å². The lowest BCUT2D eigenvalue weighted by Gasteiger charge is -2.11. The van der Waals surface area contributed by atoms with Gasteiger partial charge >= 0.3 is 0 Å². The van der Waals surface area contributed by atoms with Crippen LogP contribution in [0.3, 0.4) is 0 Å². The molecule has 4 heteroatoms. The SMILES string of the molecule is CC1=NN(c2ccccc2)C(=O)/C1=C\c1ccccc1Cl. The maximum atomic E-state index is 12.5. The maximum Gasteiger partial charge on any atom is 0.280 e. The molecule has 1 aliphatic rings. The number of hydrazone groups is 1. The predicted octanol–water partition coefficient (Wildman–Crippen LogP) is 4.15. The molecule has 3 rings (SSSR count). The van der Waals surface area contributed by atoms with Crippen molar-refractivity contribution in [2.45, 2.75) is 6.92 Å². The highest BCUT2D eigenvalue weighted by molar-refractivity contribution is 6.34. The van der Waals surface area contributed by atoms with Crippen LogP contribution >= 0.6 is 11.6 Å². The minimum absolute atomic E-state index is 0.140. The number of hydrogen-bond donors (Lipinski definition) is 0. The number of amides is 1. The normalized spacial score (nSPS) is 16.5. The largest absolute Gasteiger partial charge is 0.280 e. The van der Waals surface area contributed by atoms with E-state index in [2.05, 4.69) is 5.10 Å². The number of halogens is 1. The second-order valence-corrected chi connectivity index (χ2v) is 5.12. The Bertz CT molecular complexity index is 750. The minimum atomic E-state index is -0.140. The highest BCUT2D eigenvalue weighted by Crippen LogP contribution is 2.26. The Balaban J connectivity index is 1.98. The summed E-state index contributed by atoms with van der Waals surface area (Å²) in [5.74, 6) is -0.140. The molecule has 0 radical (unpaired) electrons. The van der Waals surface area contributed by atoms with Crippen LogP contribution < -0.4 is 5.01 Å². The van der Waals surface area contributed by atoms with Gasteiger partial charge < -0.3 is 0 Å². The minimum Gasteiger partial charge on any atom is -0.267 e. The van der Waals surface area contributed by atoms with Gasteiger partial charge in [-0.05, 0) is 36.8 Å². The van der Waals surface area contributed by atoms with Crippen molar-refractivity contribution in [2.75, 3.05) is 5.01 Å². The Hall–Kier alpha value is -2.39. The van der Waals surface area contributed by atoms with Gasteiger partial charge in [-0.15, -0.1) is 0 Å². The summed E-state index contributed by atoms with van der Waals surface area (Å²) in [6.45, 7) is 1.82. The van der Waals surface area contributed by atoms with E-state index in [4.69, 9.17) is 11.6 Å². The Morgan fingerprint density at radius 3 is 2.43 bits per heavy atom. The molecule has 0 spiro atoms. The van der Waals surface area contributed by atoms with Crippen molar-refractivity contribution in [1.82, 2.24) is 0 Å². The van der Waals surface area contributed by atoms with Gasteiger partial charge in [0, 0.05) is 5.02 Å². The average Bonchev–Trinajstić information content (AvgIpc) is 2.78. The Labute approximate surface area is 128 Å². The number of benzene rings is 2. The number of hydrogen-bond acceptors (Lipinski definition) is 2. The number of carbonyl (C=O) groups is 1. The molecule has 2 aromatic rings. The molecule has 0 saturated carbocycles. The van der Waals surface area contributed by atoms with Gasteiger partial charge in [-0.3, -0.25) is 4.79 Å². The lowest BCUT2D eigenvalue weighted by Crippen LogP contribution is -2.21. The van der Waals surface area contributed by atoms with E-state index < -0.39 is 0 Å². The third-order valence-corrected chi connectivity index (χ3v) is 3.61. The van der Waals surface area contributed by atoms with Crippen molar-refractivity contribution in [3.05, 3.63) is 70.8 Å². The molecule has 0 aromatic heterocycles. The zero-order valence-corrected chi connectivity index (χ0v) is 12.2. The van der Waals surface area contributed by atoms with Crippen LogP contribution in [0.5, 0.6) is 0 Å². The van der Waals surface area contributed by atoms with Gasteiger partial charge in [0.1, 0.15) is 0 Å². The van der Waals surface area contributed by atoms with E-state index in [1.807, 2.05) is 55.5 Å². The van der Waals surface area contributed by atoms with Gasteiger partial charge in [-0.2, -0.15) is 10.1 Å². The fourth-order valence-corrected chi connectivity index (χ4v) is 2.37. The molecular weight excluding hydrogens is 284 g/mol. The number of nitrogens with zero attached hydrogens (tertiary/aromatic N) is 2. The summed E-state index contributed by atoms with van der Waals surface area (Å²) < 4.78 is 0. The van der Waals surface area contributed by atoms with Crippen molar-refractivity contribution >= 4 is 35.0 Å². The van der Waals surface area contributed by atoms with Crippen LogP contribution in [0.4, 0.5) is 5.69 Å². The average molecular weight is 297 g/mol. The first-order valence-corrected chi connectivity index (χ1v) is 6.96. The second kappa shape index (κ2) is 5.54. The molecule has 0 bridgehead atoms. The maximum absolute atomic E-state index is 12.5. The Morgan fingerprint density at radius 2 is 1.71 bits per heavy atom. The van der Waals surface area contributed by atoms with Crippen LogP contribution in [0.25, 0.3) is 6.08 Å². The summed E-state index contributed by atoms with van der Waals surface area (Å²) >= 11 is 6.14. The topological polar surface area (TPSA) is 32.7 Å². The number of para-hydroxylation sites is 1. The molecular formula is C17H13ClN2O. The van der Waals surface area contributed by atoms with Gasteiger partial charge in [0.2, 0.25) is 0 Å². The van der Waals surface area contributed by atoms with Crippen molar-refractivity contribution < 1.29 is 4.79 Å². The van der Waals surface area contributed by atoms with Crippen LogP contribution in [-0.4, -0.2) is 11.6 Å². The highest BCUT2D eigenvalue weighted by Gasteiger charge is 2.28. The standard InChI is InChI=1S/C17H13ClN2O/c1-12-15(11-13-7-5-6-10-16(13)18)17(21)20(19-12)14-8-3-2-4-9-14/h2-11H,1H3/b15-11-. The van der Waals surface area contributed by atoms with Crippen molar-refractivity contribution in [3.8, 4) is 0 Å². The first kappa shape index (κ1) is 13.6. The molecule has 104 valence electrons. The van der Waals surface area contributed by atoms with Crippen LogP contribution in [0.2, 0.25) is 5.02 Å². The van der Waals surface area contributed by atoms with Gasteiger partial charge in [0.15, 0.2) is 0 Å². The quantitative estimate of drug-likeness (QED) is 0.766. The first-order chi connectivity index (χ1) is 10.2. The van der Waals surface area contributed by atoms with E-state index in [0.29, 0.717) is 16.3 Å². The molecule has 0 saturated heterocycles.